The summed E-state index contributed by atoms with van der Waals surface area (Å²) in [6.45, 7) is 6.05. The van der Waals surface area contributed by atoms with E-state index in [1.807, 2.05) is 6.92 Å². The van der Waals surface area contributed by atoms with Crippen molar-refractivity contribution in [2.75, 3.05) is 0 Å². The van der Waals surface area contributed by atoms with Gasteiger partial charge in [-0.1, -0.05) is 13.8 Å². The van der Waals surface area contributed by atoms with Gasteiger partial charge < -0.3 is 11.1 Å². The van der Waals surface area contributed by atoms with Gasteiger partial charge in [-0.2, -0.15) is 0 Å². The van der Waals surface area contributed by atoms with E-state index in [0.717, 1.165) is 12.1 Å². The summed E-state index contributed by atoms with van der Waals surface area (Å²) < 4.78 is 0. The van der Waals surface area contributed by atoms with E-state index in [2.05, 4.69) is 24.1 Å². The molecule has 3 N–H and O–H groups in total. The fourth-order valence-corrected chi connectivity index (χ4v) is 2.13. The molecule has 4 heteroatoms. The molecule has 0 saturated heterocycles. The minimum atomic E-state index is -0.0412. The molecule has 1 saturated carbocycles. The zero-order chi connectivity index (χ0) is 12.6. The maximum absolute atomic E-state index is 12.0. The molecular weight excluding hydrogens is 214 g/mol. The highest BCUT2D eigenvalue weighted by Crippen LogP contribution is 2.39. The topological polar surface area (TPSA) is 68.0 Å². The molecule has 4 nitrogen and oxygen atoms in total. The van der Waals surface area contributed by atoms with Gasteiger partial charge in [-0.25, -0.2) is 0 Å². The van der Waals surface area contributed by atoms with Crippen LogP contribution in [0.1, 0.15) is 36.3 Å². The standard InChI is InChI=1S/C13H19N3O/c1-8-6-9(4-5-15-8)12(17)16-11-7-10(14)13(11,2)3/h4-6,10-11H,7,14H2,1-3H3,(H,16,17). The molecule has 1 heterocycles. The molecule has 2 atom stereocenters. The fraction of sp³-hybridized carbons (Fsp3) is 0.538. The van der Waals surface area contributed by atoms with Crippen LogP contribution >= 0.6 is 0 Å². The van der Waals surface area contributed by atoms with Crippen LogP contribution in [0, 0.1) is 12.3 Å². The highest BCUT2D eigenvalue weighted by molar-refractivity contribution is 5.94. The van der Waals surface area contributed by atoms with Crippen molar-refractivity contribution in [2.24, 2.45) is 11.1 Å². The van der Waals surface area contributed by atoms with E-state index in [-0.39, 0.29) is 23.4 Å². The summed E-state index contributed by atoms with van der Waals surface area (Å²) in [5, 5.41) is 3.03. The van der Waals surface area contributed by atoms with Crippen molar-refractivity contribution < 1.29 is 4.79 Å². The second-order valence-electron chi connectivity index (χ2n) is 5.38. The summed E-state index contributed by atoms with van der Waals surface area (Å²) in [6, 6.07) is 3.86. The van der Waals surface area contributed by atoms with Crippen LogP contribution in [0.5, 0.6) is 0 Å². The van der Waals surface area contributed by atoms with Gasteiger partial charge in [0.25, 0.3) is 5.91 Å². The zero-order valence-corrected chi connectivity index (χ0v) is 10.5. The minimum Gasteiger partial charge on any atom is -0.349 e. The van der Waals surface area contributed by atoms with Crippen LogP contribution < -0.4 is 11.1 Å². The molecule has 0 aliphatic heterocycles. The number of hydrogen-bond acceptors (Lipinski definition) is 3. The molecule has 1 aliphatic carbocycles. The van der Waals surface area contributed by atoms with E-state index in [4.69, 9.17) is 5.73 Å². The number of rotatable bonds is 2. The highest BCUT2D eigenvalue weighted by atomic mass is 16.1. The monoisotopic (exact) mass is 233 g/mol. The van der Waals surface area contributed by atoms with Crippen molar-refractivity contribution in [3.63, 3.8) is 0 Å². The maximum Gasteiger partial charge on any atom is 0.251 e. The largest absolute Gasteiger partial charge is 0.349 e. The van der Waals surface area contributed by atoms with Crippen LogP contribution in [0.4, 0.5) is 0 Å². The lowest BCUT2D eigenvalue weighted by atomic mass is 9.63. The van der Waals surface area contributed by atoms with E-state index >= 15 is 0 Å². The van der Waals surface area contributed by atoms with Gasteiger partial charge in [-0.05, 0) is 25.5 Å². The third-order valence-electron chi connectivity index (χ3n) is 3.81. The summed E-state index contributed by atoms with van der Waals surface area (Å²) in [5.41, 5.74) is 7.42. The van der Waals surface area contributed by atoms with Gasteiger partial charge in [0, 0.05) is 35.0 Å². The van der Waals surface area contributed by atoms with Crippen LogP contribution in [0.15, 0.2) is 18.3 Å². The second-order valence-corrected chi connectivity index (χ2v) is 5.38. The fourth-order valence-electron chi connectivity index (χ4n) is 2.13. The molecule has 2 unspecified atom stereocenters. The van der Waals surface area contributed by atoms with Crippen molar-refractivity contribution in [3.05, 3.63) is 29.6 Å². The average Bonchev–Trinajstić information content (AvgIpc) is 2.28. The van der Waals surface area contributed by atoms with E-state index in [0.29, 0.717) is 5.56 Å². The second kappa shape index (κ2) is 4.11. The first-order valence-corrected chi connectivity index (χ1v) is 5.90. The smallest absolute Gasteiger partial charge is 0.251 e. The Morgan fingerprint density at radius 3 is 2.82 bits per heavy atom. The summed E-state index contributed by atoms with van der Waals surface area (Å²) in [6.07, 6.45) is 2.50. The molecule has 0 bridgehead atoms. The Hall–Kier alpha value is -1.42. The van der Waals surface area contributed by atoms with Crippen molar-refractivity contribution in [3.8, 4) is 0 Å². The lowest BCUT2D eigenvalue weighted by Crippen LogP contribution is -2.64. The minimum absolute atomic E-state index is 0.0161. The first kappa shape index (κ1) is 12.0. The SMILES string of the molecule is Cc1cc(C(=O)NC2CC(N)C2(C)C)ccn1. The number of hydrogen-bond donors (Lipinski definition) is 2. The first-order chi connectivity index (χ1) is 7.91. The maximum atomic E-state index is 12.0. The van der Waals surface area contributed by atoms with Crippen LogP contribution in [-0.4, -0.2) is 23.0 Å². The molecular formula is C13H19N3O. The van der Waals surface area contributed by atoms with Crippen LogP contribution in [0.2, 0.25) is 0 Å². The third-order valence-corrected chi connectivity index (χ3v) is 3.81. The molecule has 1 fully saturated rings. The van der Waals surface area contributed by atoms with E-state index in [1.165, 1.54) is 0 Å². The van der Waals surface area contributed by atoms with Crippen molar-refractivity contribution in [1.82, 2.24) is 10.3 Å². The Kier molecular flexibility index (Phi) is 2.91. The summed E-state index contributed by atoms with van der Waals surface area (Å²) in [5.74, 6) is -0.0412. The van der Waals surface area contributed by atoms with Gasteiger partial charge in [0.2, 0.25) is 0 Å². The molecule has 0 radical (unpaired) electrons. The Labute approximate surface area is 102 Å². The van der Waals surface area contributed by atoms with Crippen LogP contribution in [0.3, 0.4) is 0 Å². The summed E-state index contributed by atoms with van der Waals surface area (Å²) >= 11 is 0. The quantitative estimate of drug-likeness (QED) is 0.807. The zero-order valence-electron chi connectivity index (χ0n) is 10.5. The molecule has 0 spiro atoms. The molecule has 1 amide bonds. The lowest BCUT2D eigenvalue weighted by molar-refractivity contribution is 0.0586. The molecule has 1 aliphatic rings. The van der Waals surface area contributed by atoms with E-state index in [9.17, 15) is 4.79 Å². The molecule has 92 valence electrons. The number of aromatic nitrogens is 1. The Morgan fingerprint density at radius 1 is 1.59 bits per heavy atom. The van der Waals surface area contributed by atoms with Gasteiger partial charge in [0.1, 0.15) is 0 Å². The number of pyridine rings is 1. The molecule has 2 rings (SSSR count). The summed E-state index contributed by atoms with van der Waals surface area (Å²) in [4.78, 5) is 16.1. The predicted octanol–water partition coefficient (Wildman–Crippen LogP) is 1.25. The van der Waals surface area contributed by atoms with E-state index < -0.39 is 0 Å². The van der Waals surface area contributed by atoms with Crippen molar-refractivity contribution in [2.45, 2.75) is 39.3 Å². The molecule has 1 aromatic rings. The normalized spacial score (nSPS) is 26.1. The highest BCUT2D eigenvalue weighted by Gasteiger charge is 2.46. The van der Waals surface area contributed by atoms with Gasteiger partial charge >= 0.3 is 0 Å². The molecule has 0 aromatic carbocycles. The predicted molar refractivity (Wildman–Crippen MR) is 66.6 cm³/mol. The van der Waals surface area contributed by atoms with Gasteiger partial charge in [0.15, 0.2) is 0 Å². The Morgan fingerprint density at radius 2 is 2.29 bits per heavy atom. The lowest BCUT2D eigenvalue weighted by Gasteiger charge is -2.50. The molecule has 17 heavy (non-hydrogen) atoms. The number of nitrogens with one attached hydrogen (secondary N) is 1. The van der Waals surface area contributed by atoms with Gasteiger partial charge in [0.05, 0.1) is 0 Å². The Balaban J connectivity index is 2.04. The van der Waals surface area contributed by atoms with Crippen molar-refractivity contribution >= 4 is 5.91 Å². The van der Waals surface area contributed by atoms with Gasteiger partial charge in [-0.3, -0.25) is 9.78 Å². The van der Waals surface area contributed by atoms with E-state index in [1.54, 1.807) is 18.3 Å². The number of carbonyl (C=O) groups is 1. The number of aryl methyl sites for hydroxylation is 1. The van der Waals surface area contributed by atoms with Gasteiger partial charge in [-0.15, -0.1) is 0 Å². The van der Waals surface area contributed by atoms with Crippen LogP contribution in [0.25, 0.3) is 0 Å². The first-order valence-electron chi connectivity index (χ1n) is 5.90. The third kappa shape index (κ3) is 2.17. The van der Waals surface area contributed by atoms with Crippen molar-refractivity contribution in [1.29, 1.82) is 0 Å². The van der Waals surface area contributed by atoms with Crippen LogP contribution in [-0.2, 0) is 0 Å². The summed E-state index contributed by atoms with van der Waals surface area (Å²) in [7, 11) is 0. The Bertz CT molecular complexity index is 442. The number of amides is 1. The number of nitrogens with zero attached hydrogens (tertiary/aromatic N) is 1. The number of carbonyl (C=O) groups excluding carboxylic acids is 1. The molecule has 1 aromatic heterocycles. The number of nitrogens with two attached hydrogens (primary N) is 1. The average molecular weight is 233 g/mol.